The van der Waals surface area contributed by atoms with Gasteiger partial charge in [-0.3, -0.25) is 0 Å². The quantitative estimate of drug-likeness (QED) is 0.592. The van der Waals surface area contributed by atoms with E-state index in [9.17, 15) is 0 Å². The number of aryl methyl sites for hydroxylation is 1. The van der Waals surface area contributed by atoms with Gasteiger partial charge in [0.25, 0.3) is 0 Å². The van der Waals surface area contributed by atoms with E-state index in [0.717, 1.165) is 5.56 Å². The molecule has 0 saturated carbocycles. The Kier molecular flexibility index (Phi) is 3.60. The molecule has 112 valence electrons. The minimum absolute atomic E-state index is 0.368. The zero-order valence-corrected chi connectivity index (χ0v) is 13.8. The molecular formula is C15H16N6Se. The summed E-state index contributed by atoms with van der Waals surface area (Å²) >= 11 is 2.79. The van der Waals surface area contributed by atoms with E-state index >= 15 is 0 Å². The summed E-state index contributed by atoms with van der Waals surface area (Å²) in [5.74, 6) is 0.896. The van der Waals surface area contributed by atoms with Gasteiger partial charge in [-0.2, -0.15) is 0 Å². The minimum atomic E-state index is 0.368. The van der Waals surface area contributed by atoms with Crippen LogP contribution in [-0.2, 0) is 6.54 Å². The van der Waals surface area contributed by atoms with E-state index in [4.69, 9.17) is 17.2 Å². The maximum absolute atomic E-state index is 6.29. The van der Waals surface area contributed by atoms with Crippen LogP contribution in [0.5, 0.6) is 0 Å². The molecule has 6 N–H and O–H groups in total. The Hall–Kier alpha value is -2.37. The number of rotatable bonds is 3. The van der Waals surface area contributed by atoms with Crippen LogP contribution in [0.25, 0.3) is 11.0 Å². The third-order valence-corrected chi connectivity index (χ3v) is 4.01. The SMILES string of the molecule is Cc1cccc(Cn2c(N)c(C(N)=[Se])c3c(N)ncnc32)c1. The first-order chi connectivity index (χ1) is 10.5. The van der Waals surface area contributed by atoms with Crippen molar-refractivity contribution in [1.82, 2.24) is 14.5 Å². The van der Waals surface area contributed by atoms with Crippen molar-refractivity contribution in [3.05, 3.63) is 47.3 Å². The molecule has 0 fully saturated rings. The second-order valence-corrected chi connectivity index (χ2v) is 6.08. The summed E-state index contributed by atoms with van der Waals surface area (Å²) in [7, 11) is 0. The Morgan fingerprint density at radius 3 is 2.73 bits per heavy atom. The number of fused-ring (bicyclic) bond motifs is 1. The van der Waals surface area contributed by atoms with E-state index in [2.05, 4.69) is 44.6 Å². The Balaban J connectivity index is 2.24. The zero-order chi connectivity index (χ0) is 15.9. The predicted molar refractivity (Wildman–Crippen MR) is 90.7 cm³/mol. The van der Waals surface area contributed by atoms with E-state index in [0.29, 0.717) is 39.3 Å². The second kappa shape index (κ2) is 5.44. The van der Waals surface area contributed by atoms with Gasteiger partial charge in [0.05, 0.1) is 0 Å². The third kappa shape index (κ3) is 2.34. The molecular weight excluding hydrogens is 343 g/mol. The molecule has 0 amide bonds. The number of benzene rings is 1. The van der Waals surface area contributed by atoms with Crippen molar-refractivity contribution in [3.8, 4) is 0 Å². The molecule has 6 nitrogen and oxygen atoms in total. The summed E-state index contributed by atoms with van der Waals surface area (Å²) in [4.78, 5) is 8.37. The molecule has 2 heterocycles. The number of nitrogens with zero attached hydrogens (tertiary/aromatic N) is 3. The van der Waals surface area contributed by atoms with Gasteiger partial charge in [0.2, 0.25) is 0 Å². The van der Waals surface area contributed by atoms with Gasteiger partial charge in [0, 0.05) is 0 Å². The van der Waals surface area contributed by atoms with Crippen LogP contribution in [0.1, 0.15) is 16.7 Å². The molecule has 7 heteroatoms. The maximum atomic E-state index is 6.29. The van der Waals surface area contributed by atoms with Gasteiger partial charge in [-0.15, -0.1) is 0 Å². The van der Waals surface area contributed by atoms with Gasteiger partial charge in [0.1, 0.15) is 0 Å². The standard InChI is InChI=1S/C15H16N6Se/c1-8-3-2-4-9(5-8)6-21-13(17)11(14(18)22)10-12(16)19-7-20-15(10)21/h2-5,7H,6,17H2,1H3,(H2,18,22)(H2,16,19,20). The van der Waals surface area contributed by atoms with Crippen molar-refractivity contribution in [2.24, 2.45) is 5.73 Å². The van der Waals surface area contributed by atoms with Crippen LogP contribution < -0.4 is 17.2 Å². The number of nitrogen functional groups attached to an aromatic ring is 2. The Bertz CT molecular complexity index is 883. The topological polar surface area (TPSA) is 109 Å². The predicted octanol–water partition coefficient (Wildman–Crippen LogP) is 0.558. The second-order valence-electron chi connectivity index (χ2n) is 5.16. The number of hydrogen-bond acceptors (Lipinski definition) is 5. The average Bonchev–Trinajstić information content (AvgIpc) is 2.74. The number of anilines is 2. The summed E-state index contributed by atoms with van der Waals surface area (Å²) in [6.07, 6.45) is 1.43. The summed E-state index contributed by atoms with van der Waals surface area (Å²) in [5.41, 5.74) is 21.9. The molecule has 0 spiro atoms. The van der Waals surface area contributed by atoms with E-state index in [1.165, 1.54) is 11.9 Å². The molecule has 3 aromatic rings. The van der Waals surface area contributed by atoms with Crippen LogP contribution in [0.4, 0.5) is 11.6 Å². The first kappa shape index (κ1) is 14.6. The van der Waals surface area contributed by atoms with Crippen molar-refractivity contribution in [2.45, 2.75) is 13.5 Å². The van der Waals surface area contributed by atoms with E-state index in [1.807, 2.05) is 16.7 Å². The van der Waals surface area contributed by atoms with Crippen LogP contribution in [0.3, 0.4) is 0 Å². The molecule has 0 aliphatic heterocycles. The molecule has 3 rings (SSSR count). The van der Waals surface area contributed by atoms with Crippen LogP contribution >= 0.6 is 0 Å². The van der Waals surface area contributed by atoms with Crippen molar-refractivity contribution >= 4 is 42.8 Å². The Labute approximate surface area is 135 Å². The zero-order valence-electron chi connectivity index (χ0n) is 12.1. The van der Waals surface area contributed by atoms with Crippen molar-refractivity contribution < 1.29 is 0 Å². The van der Waals surface area contributed by atoms with E-state index in [1.54, 1.807) is 0 Å². The van der Waals surface area contributed by atoms with Crippen LogP contribution in [0, 0.1) is 6.92 Å². The monoisotopic (exact) mass is 360 g/mol. The number of aromatic nitrogens is 3. The van der Waals surface area contributed by atoms with Gasteiger partial charge in [0.15, 0.2) is 0 Å². The molecule has 1 aromatic carbocycles. The van der Waals surface area contributed by atoms with Gasteiger partial charge >= 0.3 is 135 Å². The molecule has 0 aliphatic carbocycles. The van der Waals surface area contributed by atoms with Gasteiger partial charge in [-0.25, -0.2) is 0 Å². The molecule has 0 bridgehead atoms. The fourth-order valence-corrected chi connectivity index (χ4v) is 3.05. The van der Waals surface area contributed by atoms with Gasteiger partial charge < -0.3 is 0 Å². The molecule has 0 aliphatic rings. The number of nitrogens with two attached hydrogens (primary N) is 3. The molecule has 0 radical (unpaired) electrons. The van der Waals surface area contributed by atoms with E-state index < -0.39 is 0 Å². The van der Waals surface area contributed by atoms with Gasteiger partial charge in [-0.05, 0) is 0 Å². The first-order valence-corrected chi connectivity index (χ1v) is 7.58. The molecule has 22 heavy (non-hydrogen) atoms. The van der Waals surface area contributed by atoms with Crippen molar-refractivity contribution in [1.29, 1.82) is 0 Å². The normalized spacial score (nSPS) is 11.0. The average molecular weight is 359 g/mol. The summed E-state index contributed by atoms with van der Waals surface area (Å²) in [6, 6.07) is 8.23. The van der Waals surface area contributed by atoms with Crippen LogP contribution in [0.2, 0.25) is 0 Å². The fraction of sp³-hybridized carbons (Fsp3) is 0.133. The van der Waals surface area contributed by atoms with Crippen LogP contribution in [-0.4, -0.2) is 34.7 Å². The summed E-state index contributed by atoms with van der Waals surface area (Å²) in [6.45, 7) is 2.65. The Morgan fingerprint density at radius 1 is 1.27 bits per heavy atom. The number of hydrogen-bond donors (Lipinski definition) is 3. The molecule has 0 atom stereocenters. The summed E-state index contributed by atoms with van der Waals surface area (Å²) in [5, 5.41) is 0.684. The molecule has 0 unspecified atom stereocenters. The Morgan fingerprint density at radius 2 is 2.05 bits per heavy atom. The van der Waals surface area contributed by atoms with Crippen molar-refractivity contribution in [2.75, 3.05) is 11.5 Å². The third-order valence-electron chi connectivity index (χ3n) is 3.58. The van der Waals surface area contributed by atoms with Crippen LogP contribution in [0.15, 0.2) is 30.6 Å². The van der Waals surface area contributed by atoms with Gasteiger partial charge in [-0.1, -0.05) is 0 Å². The fourth-order valence-electron chi connectivity index (χ4n) is 2.61. The molecule has 2 aromatic heterocycles. The summed E-state index contributed by atoms with van der Waals surface area (Å²) < 4.78 is 2.38. The van der Waals surface area contributed by atoms with E-state index in [-0.39, 0.29) is 0 Å². The van der Waals surface area contributed by atoms with Crippen molar-refractivity contribution in [3.63, 3.8) is 0 Å². The molecule has 0 saturated heterocycles. The first-order valence-electron chi connectivity index (χ1n) is 6.72.